The maximum atomic E-state index is 11.9. The number of rotatable bonds is 3. The molecule has 0 saturated carbocycles. The summed E-state index contributed by atoms with van der Waals surface area (Å²) in [7, 11) is 1.73. The average Bonchev–Trinajstić information content (AvgIpc) is 2.72. The maximum Gasteiger partial charge on any atom is 0.320 e. The number of nitriles is 1. The molecule has 84 valence electrons. The Kier molecular flexibility index (Phi) is 4.37. The smallest absolute Gasteiger partial charge is 0.320 e. The van der Waals surface area contributed by atoms with Gasteiger partial charge in [0.25, 0.3) is 0 Å². The van der Waals surface area contributed by atoms with Crippen LogP contribution in [0.2, 0.25) is 0 Å². The zero-order valence-corrected chi connectivity index (χ0v) is 9.15. The van der Waals surface area contributed by atoms with Crippen LogP contribution in [0.1, 0.15) is 19.3 Å². The molecule has 15 heavy (non-hydrogen) atoms. The third kappa shape index (κ3) is 2.83. The van der Waals surface area contributed by atoms with Crippen molar-refractivity contribution < 1.29 is 4.79 Å². The molecule has 2 amide bonds. The first-order valence-corrected chi connectivity index (χ1v) is 5.29. The highest BCUT2D eigenvalue weighted by Gasteiger charge is 2.29. The van der Waals surface area contributed by atoms with Gasteiger partial charge in [-0.05, 0) is 12.8 Å². The lowest BCUT2D eigenvalue weighted by molar-refractivity contribution is 0.160. The van der Waals surface area contributed by atoms with Gasteiger partial charge in [-0.15, -0.1) is 0 Å². The summed E-state index contributed by atoms with van der Waals surface area (Å²) in [6, 6.07) is 2.21. The third-order valence-corrected chi connectivity index (χ3v) is 2.78. The zero-order valence-electron chi connectivity index (χ0n) is 9.15. The fourth-order valence-electron chi connectivity index (χ4n) is 1.87. The molecule has 0 spiro atoms. The predicted octanol–water partition coefficient (Wildman–Crippen LogP) is 0.375. The molecule has 1 fully saturated rings. The second-order valence-corrected chi connectivity index (χ2v) is 3.84. The lowest BCUT2D eigenvalue weighted by Crippen LogP contribution is -2.46. The van der Waals surface area contributed by atoms with Gasteiger partial charge < -0.3 is 15.5 Å². The van der Waals surface area contributed by atoms with E-state index in [2.05, 4.69) is 0 Å². The summed E-state index contributed by atoms with van der Waals surface area (Å²) in [6.07, 6.45) is 2.40. The van der Waals surface area contributed by atoms with Crippen molar-refractivity contribution in [2.45, 2.75) is 25.3 Å². The van der Waals surface area contributed by atoms with E-state index in [1.807, 2.05) is 11.0 Å². The SMILES string of the molecule is CN(CCC#N)C(=O)N1CCCC1CN. The van der Waals surface area contributed by atoms with Gasteiger partial charge in [-0.1, -0.05) is 0 Å². The number of hydrogen-bond donors (Lipinski definition) is 1. The van der Waals surface area contributed by atoms with Gasteiger partial charge in [-0.2, -0.15) is 5.26 Å². The first-order chi connectivity index (χ1) is 7.20. The van der Waals surface area contributed by atoms with Crippen LogP contribution in [0.15, 0.2) is 0 Å². The molecule has 1 saturated heterocycles. The molecule has 0 aromatic carbocycles. The van der Waals surface area contributed by atoms with Crippen molar-refractivity contribution in [2.75, 3.05) is 26.7 Å². The molecule has 1 unspecified atom stereocenters. The zero-order chi connectivity index (χ0) is 11.3. The minimum absolute atomic E-state index is 0.00167. The Morgan fingerprint density at radius 3 is 3.07 bits per heavy atom. The van der Waals surface area contributed by atoms with E-state index in [4.69, 9.17) is 11.0 Å². The normalized spacial score (nSPS) is 20.1. The highest BCUT2D eigenvalue weighted by Crippen LogP contribution is 2.17. The molecule has 5 nitrogen and oxygen atoms in total. The van der Waals surface area contributed by atoms with Crippen molar-refractivity contribution in [3.05, 3.63) is 0 Å². The fourth-order valence-corrected chi connectivity index (χ4v) is 1.87. The molecule has 1 rings (SSSR count). The van der Waals surface area contributed by atoms with Crippen molar-refractivity contribution in [1.29, 1.82) is 5.26 Å². The Morgan fingerprint density at radius 2 is 2.47 bits per heavy atom. The molecule has 1 aliphatic rings. The van der Waals surface area contributed by atoms with Crippen LogP contribution >= 0.6 is 0 Å². The largest absolute Gasteiger partial charge is 0.328 e. The Bertz CT molecular complexity index is 261. The average molecular weight is 210 g/mol. The summed E-state index contributed by atoms with van der Waals surface area (Å²) < 4.78 is 0. The van der Waals surface area contributed by atoms with Crippen LogP contribution in [0.4, 0.5) is 4.79 Å². The van der Waals surface area contributed by atoms with Crippen molar-refractivity contribution >= 4 is 6.03 Å². The Morgan fingerprint density at radius 1 is 1.73 bits per heavy atom. The molecule has 0 aromatic rings. The lowest BCUT2D eigenvalue weighted by atomic mass is 10.2. The molecule has 0 aliphatic carbocycles. The van der Waals surface area contributed by atoms with Gasteiger partial charge in [0, 0.05) is 32.7 Å². The molecular formula is C10H18N4O. The summed E-state index contributed by atoms with van der Waals surface area (Å²) in [5.74, 6) is 0. The highest BCUT2D eigenvalue weighted by atomic mass is 16.2. The van der Waals surface area contributed by atoms with E-state index in [0.717, 1.165) is 19.4 Å². The van der Waals surface area contributed by atoms with Crippen molar-refractivity contribution in [2.24, 2.45) is 5.73 Å². The minimum Gasteiger partial charge on any atom is -0.328 e. The van der Waals surface area contributed by atoms with E-state index in [0.29, 0.717) is 19.5 Å². The maximum absolute atomic E-state index is 11.9. The molecular weight excluding hydrogens is 192 g/mol. The predicted molar refractivity (Wildman–Crippen MR) is 57.0 cm³/mol. The van der Waals surface area contributed by atoms with Gasteiger partial charge >= 0.3 is 6.03 Å². The molecule has 0 bridgehead atoms. The Balaban J connectivity index is 2.48. The number of carbonyl (C=O) groups excluding carboxylic acids is 1. The number of urea groups is 1. The minimum atomic E-state index is -0.00167. The number of nitrogens with zero attached hydrogens (tertiary/aromatic N) is 3. The molecule has 0 radical (unpaired) electrons. The van der Waals surface area contributed by atoms with Crippen LogP contribution in [0.25, 0.3) is 0 Å². The molecule has 5 heteroatoms. The van der Waals surface area contributed by atoms with Crippen LogP contribution < -0.4 is 5.73 Å². The summed E-state index contributed by atoms with van der Waals surface area (Å²) in [5.41, 5.74) is 5.60. The van der Waals surface area contributed by atoms with Crippen LogP contribution in [0.3, 0.4) is 0 Å². The summed E-state index contributed by atoms with van der Waals surface area (Å²) in [5, 5.41) is 8.44. The van der Waals surface area contributed by atoms with Gasteiger partial charge in [0.1, 0.15) is 0 Å². The molecule has 0 aromatic heterocycles. The number of hydrogen-bond acceptors (Lipinski definition) is 3. The van der Waals surface area contributed by atoms with E-state index < -0.39 is 0 Å². The quantitative estimate of drug-likeness (QED) is 0.731. The monoisotopic (exact) mass is 210 g/mol. The lowest BCUT2D eigenvalue weighted by Gasteiger charge is -2.28. The van der Waals surface area contributed by atoms with E-state index in [-0.39, 0.29) is 12.1 Å². The van der Waals surface area contributed by atoms with Gasteiger partial charge in [0.2, 0.25) is 0 Å². The van der Waals surface area contributed by atoms with Crippen molar-refractivity contribution in [3.8, 4) is 6.07 Å². The van der Waals surface area contributed by atoms with Crippen molar-refractivity contribution in [3.63, 3.8) is 0 Å². The number of nitrogens with two attached hydrogens (primary N) is 1. The van der Waals surface area contributed by atoms with Gasteiger partial charge in [0.05, 0.1) is 12.5 Å². The molecule has 1 aliphatic heterocycles. The molecule has 1 heterocycles. The fraction of sp³-hybridized carbons (Fsp3) is 0.800. The first kappa shape index (κ1) is 11.8. The topological polar surface area (TPSA) is 73.4 Å². The second kappa shape index (κ2) is 5.56. The van der Waals surface area contributed by atoms with Gasteiger partial charge in [0.15, 0.2) is 0 Å². The number of carbonyl (C=O) groups is 1. The highest BCUT2D eigenvalue weighted by molar-refractivity contribution is 5.74. The van der Waals surface area contributed by atoms with E-state index >= 15 is 0 Å². The Labute approximate surface area is 90.4 Å². The summed E-state index contributed by atoms with van der Waals surface area (Å²) >= 11 is 0. The van der Waals surface area contributed by atoms with E-state index in [1.165, 1.54) is 0 Å². The Hall–Kier alpha value is -1.28. The van der Waals surface area contributed by atoms with Crippen LogP contribution in [-0.2, 0) is 0 Å². The van der Waals surface area contributed by atoms with Gasteiger partial charge in [-0.25, -0.2) is 4.79 Å². The van der Waals surface area contributed by atoms with Gasteiger partial charge in [-0.3, -0.25) is 0 Å². The van der Waals surface area contributed by atoms with E-state index in [9.17, 15) is 4.79 Å². The number of likely N-dealkylation sites (tertiary alicyclic amines) is 1. The molecule has 2 N–H and O–H groups in total. The summed E-state index contributed by atoms with van der Waals surface area (Å²) in [4.78, 5) is 15.3. The molecule has 1 atom stereocenters. The first-order valence-electron chi connectivity index (χ1n) is 5.29. The van der Waals surface area contributed by atoms with Crippen LogP contribution in [0.5, 0.6) is 0 Å². The summed E-state index contributed by atoms with van der Waals surface area (Å²) in [6.45, 7) is 1.80. The van der Waals surface area contributed by atoms with Crippen molar-refractivity contribution in [1.82, 2.24) is 9.80 Å². The second-order valence-electron chi connectivity index (χ2n) is 3.84. The standard InChI is InChI=1S/C10H18N4O/c1-13(6-3-5-11)10(15)14-7-2-4-9(14)8-12/h9H,2-4,6-8,12H2,1H3. The van der Waals surface area contributed by atoms with Crippen LogP contribution in [0, 0.1) is 11.3 Å². The number of amides is 2. The third-order valence-electron chi connectivity index (χ3n) is 2.78. The van der Waals surface area contributed by atoms with E-state index in [1.54, 1.807) is 11.9 Å². The van der Waals surface area contributed by atoms with Crippen LogP contribution in [-0.4, -0.2) is 48.6 Å².